The fourth-order valence-corrected chi connectivity index (χ4v) is 5.32. The molecule has 0 aliphatic carbocycles. The second-order valence-electron chi connectivity index (χ2n) is 9.13. The molecule has 3 aromatic rings. The highest BCUT2D eigenvalue weighted by Gasteiger charge is 2.33. The number of nitrogens with one attached hydrogen (secondary N) is 1. The van der Waals surface area contributed by atoms with Gasteiger partial charge in [-0.25, -0.2) is 12.8 Å². The predicted octanol–water partition coefficient (Wildman–Crippen LogP) is 4.27. The van der Waals surface area contributed by atoms with Crippen molar-refractivity contribution in [2.45, 2.75) is 51.2 Å². The second kappa shape index (κ2) is 12.0. The van der Waals surface area contributed by atoms with E-state index in [1.54, 1.807) is 25.1 Å². The molecule has 0 aromatic heterocycles. The van der Waals surface area contributed by atoms with Gasteiger partial charge in [-0.15, -0.1) is 0 Å². The number of hydrogen-bond donors (Lipinski definition) is 1. The van der Waals surface area contributed by atoms with Crippen LogP contribution in [-0.4, -0.2) is 43.8 Å². The highest BCUT2D eigenvalue weighted by atomic mass is 32.2. The lowest BCUT2D eigenvalue weighted by Gasteiger charge is -2.32. The number of hydrogen-bond acceptors (Lipinski definition) is 4. The van der Waals surface area contributed by atoms with E-state index >= 15 is 0 Å². The topological polar surface area (TPSA) is 86.8 Å². The van der Waals surface area contributed by atoms with Crippen LogP contribution < -0.4 is 9.62 Å². The summed E-state index contributed by atoms with van der Waals surface area (Å²) >= 11 is 0. The van der Waals surface area contributed by atoms with Gasteiger partial charge in [0.15, 0.2) is 0 Å². The van der Waals surface area contributed by atoms with Crippen LogP contribution >= 0.6 is 0 Å². The fourth-order valence-electron chi connectivity index (χ4n) is 3.88. The van der Waals surface area contributed by atoms with Crippen molar-refractivity contribution in [3.63, 3.8) is 0 Å². The fraction of sp³-hybridized carbons (Fsp3) is 0.286. The van der Waals surface area contributed by atoms with E-state index in [1.807, 2.05) is 45.0 Å². The van der Waals surface area contributed by atoms with Gasteiger partial charge < -0.3 is 10.2 Å². The molecule has 1 N–H and O–H groups in total. The van der Waals surface area contributed by atoms with E-state index < -0.39 is 34.3 Å². The third kappa shape index (κ3) is 6.95. The Morgan fingerprint density at radius 3 is 2.19 bits per heavy atom. The van der Waals surface area contributed by atoms with Crippen LogP contribution in [-0.2, 0) is 26.2 Å². The van der Waals surface area contributed by atoms with Gasteiger partial charge in [-0.05, 0) is 57.5 Å². The molecule has 9 heteroatoms. The lowest BCUT2D eigenvalue weighted by Crippen LogP contribution is -2.52. The monoisotopic (exact) mass is 525 g/mol. The summed E-state index contributed by atoms with van der Waals surface area (Å²) in [7, 11) is -4.30. The van der Waals surface area contributed by atoms with Crippen LogP contribution in [0.4, 0.5) is 10.1 Å². The molecule has 0 spiro atoms. The first-order valence-electron chi connectivity index (χ1n) is 12.0. The average molecular weight is 526 g/mol. The Balaban J connectivity index is 2.03. The molecule has 0 bridgehead atoms. The van der Waals surface area contributed by atoms with Gasteiger partial charge in [-0.1, -0.05) is 60.2 Å². The number of carbonyl (C=O) groups excluding carboxylic acids is 2. The van der Waals surface area contributed by atoms with Crippen molar-refractivity contribution in [2.24, 2.45) is 0 Å². The van der Waals surface area contributed by atoms with Gasteiger partial charge >= 0.3 is 0 Å². The van der Waals surface area contributed by atoms with Crippen LogP contribution in [0, 0.1) is 12.7 Å². The average Bonchev–Trinajstić information content (AvgIpc) is 2.86. The summed E-state index contributed by atoms with van der Waals surface area (Å²) in [5, 5.41) is 2.80. The summed E-state index contributed by atoms with van der Waals surface area (Å²) in [6, 6.07) is 19.3. The Bertz CT molecular complexity index is 1350. The van der Waals surface area contributed by atoms with Crippen LogP contribution in [0.5, 0.6) is 0 Å². The minimum Gasteiger partial charge on any atom is -0.352 e. The number of aryl methyl sites for hydroxylation is 1. The first-order valence-corrected chi connectivity index (χ1v) is 13.4. The third-order valence-corrected chi connectivity index (χ3v) is 7.54. The van der Waals surface area contributed by atoms with Crippen LogP contribution in [0.3, 0.4) is 0 Å². The number of benzene rings is 3. The van der Waals surface area contributed by atoms with Crippen molar-refractivity contribution in [1.82, 2.24) is 10.2 Å². The van der Waals surface area contributed by atoms with Crippen LogP contribution in [0.25, 0.3) is 0 Å². The Hall–Kier alpha value is -3.72. The number of rotatable bonds is 10. The Morgan fingerprint density at radius 2 is 1.57 bits per heavy atom. The lowest BCUT2D eigenvalue weighted by molar-refractivity contribution is -0.139. The molecule has 0 radical (unpaired) electrons. The maximum atomic E-state index is 14.9. The minimum atomic E-state index is -4.30. The SMILES string of the molecule is Cc1cccc(CN(C(=O)CN(c2ccccc2F)S(=O)(=O)c2ccccc2)[C@@H](C)C(=O)NC(C)C)c1. The zero-order valence-corrected chi connectivity index (χ0v) is 22.2. The van der Waals surface area contributed by atoms with Crippen molar-refractivity contribution >= 4 is 27.5 Å². The second-order valence-corrected chi connectivity index (χ2v) is 11.0. The molecule has 2 amide bonds. The van der Waals surface area contributed by atoms with Crippen LogP contribution in [0.1, 0.15) is 31.9 Å². The molecule has 3 aromatic carbocycles. The molecule has 196 valence electrons. The summed E-state index contributed by atoms with van der Waals surface area (Å²) in [5.41, 5.74) is 1.50. The normalized spacial score (nSPS) is 12.2. The Morgan fingerprint density at radius 1 is 0.919 bits per heavy atom. The van der Waals surface area contributed by atoms with E-state index in [2.05, 4.69) is 5.32 Å². The Kier molecular flexibility index (Phi) is 9.04. The molecule has 0 heterocycles. The molecule has 0 fully saturated rings. The molecule has 0 aliphatic heterocycles. The largest absolute Gasteiger partial charge is 0.352 e. The zero-order valence-electron chi connectivity index (χ0n) is 21.4. The van der Waals surface area contributed by atoms with Gasteiger partial charge in [0.1, 0.15) is 18.4 Å². The van der Waals surface area contributed by atoms with E-state index in [9.17, 15) is 22.4 Å². The van der Waals surface area contributed by atoms with Crippen molar-refractivity contribution in [1.29, 1.82) is 0 Å². The van der Waals surface area contributed by atoms with Gasteiger partial charge in [0, 0.05) is 12.6 Å². The van der Waals surface area contributed by atoms with E-state index in [4.69, 9.17) is 0 Å². The first-order chi connectivity index (χ1) is 17.5. The molecule has 7 nitrogen and oxygen atoms in total. The summed E-state index contributed by atoms with van der Waals surface area (Å²) in [6.45, 7) is 6.50. The Labute approximate surface area is 218 Å². The smallest absolute Gasteiger partial charge is 0.264 e. The van der Waals surface area contributed by atoms with Gasteiger partial charge in [0.05, 0.1) is 10.6 Å². The molecule has 0 saturated carbocycles. The third-order valence-electron chi connectivity index (χ3n) is 5.76. The first kappa shape index (κ1) is 27.9. The minimum absolute atomic E-state index is 0.0731. The molecular weight excluding hydrogens is 493 g/mol. The van der Waals surface area contributed by atoms with Crippen LogP contribution in [0.15, 0.2) is 83.8 Å². The van der Waals surface area contributed by atoms with Gasteiger partial charge in [0.25, 0.3) is 10.0 Å². The molecule has 1 atom stereocenters. The van der Waals surface area contributed by atoms with E-state index in [-0.39, 0.29) is 29.1 Å². The molecule has 0 unspecified atom stereocenters. The number of carbonyl (C=O) groups is 2. The number of amides is 2. The van der Waals surface area contributed by atoms with Crippen molar-refractivity contribution < 1.29 is 22.4 Å². The summed E-state index contributed by atoms with van der Waals surface area (Å²) in [4.78, 5) is 27.9. The predicted molar refractivity (Wildman–Crippen MR) is 142 cm³/mol. The van der Waals surface area contributed by atoms with E-state index in [1.165, 1.54) is 35.2 Å². The molecule has 3 rings (SSSR count). The number of nitrogens with zero attached hydrogens (tertiary/aromatic N) is 2. The zero-order chi connectivity index (χ0) is 27.2. The number of halogens is 1. The van der Waals surface area contributed by atoms with E-state index in [0.29, 0.717) is 0 Å². The van der Waals surface area contributed by atoms with Crippen LogP contribution in [0.2, 0.25) is 0 Å². The van der Waals surface area contributed by atoms with E-state index in [0.717, 1.165) is 21.5 Å². The number of anilines is 1. The summed E-state index contributed by atoms with van der Waals surface area (Å²) in [5.74, 6) is -1.80. The van der Waals surface area contributed by atoms with Crippen molar-refractivity contribution in [3.8, 4) is 0 Å². The van der Waals surface area contributed by atoms with Gasteiger partial charge in [-0.2, -0.15) is 0 Å². The molecule has 37 heavy (non-hydrogen) atoms. The highest BCUT2D eigenvalue weighted by molar-refractivity contribution is 7.92. The molecule has 0 aliphatic rings. The number of sulfonamides is 1. The molecule has 0 saturated heterocycles. The maximum absolute atomic E-state index is 14.9. The van der Waals surface area contributed by atoms with Crippen molar-refractivity contribution in [3.05, 3.63) is 95.8 Å². The van der Waals surface area contributed by atoms with Gasteiger partial charge in [0.2, 0.25) is 11.8 Å². The summed E-state index contributed by atoms with van der Waals surface area (Å²) < 4.78 is 42.8. The standard InChI is InChI=1S/C28H32FN3O4S/c1-20(2)30-28(34)22(4)31(18-23-12-10-11-21(3)17-23)27(33)19-32(26-16-9-8-15-25(26)29)37(35,36)24-13-6-5-7-14-24/h5-17,20,22H,18-19H2,1-4H3,(H,30,34)/t22-/m0/s1. The molecular formula is C28H32FN3O4S. The summed E-state index contributed by atoms with van der Waals surface area (Å²) in [6.07, 6.45) is 0. The van der Waals surface area contributed by atoms with Crippen molar-refractivity contribution in [2.75, 3.05) is 10.8 Å². The maximum Gasteiger partial charge on any atom is 0.264 e. The quantitative estimate of drug-likeness (QED) is 0.428. The van der Waals surface area contributed by atoms with Gasteiger partial charge in [-0.3, -0.25) is 13.9 Å². The lowest BCUT2D eigenvalue weighted by atomic mass is 10.1. The highest BCUT2D eigenvalue weighted by Crippen LogP contribution is 2.27. The number of para-hydroxylation sites is 1.